The van der Waals surface area contributed by atoms with Crippen LogP contribution >= 0.6 is 0 Å². The number of fused-ring (bicyclic) bond motifs is 1. The molecule has 2 heteroatoms. The third-order valence-corrected chi connectivity index (χ3v) is 3.85. The SMILES string of the molecule is COc1ccc(CCC2NCc3ccccc32)cc1. The second-order valence-electron chi connectivity index (χ2n) is 5.02. The predicted molar refractivity (Wildman–Crippen MR) is 77.3 cm³/mol. The van der Waals surface area contributed by atoms with Crippen LogP contribution in [0.3, 0.4) is 0 Å². The van der Waals surface area contributed by atoms with Crippen molar-refractivity contribution in [1.82, 2.24) is 5.32 Å². The molecule has 19 heavy (non-hydrogen) atoms. The van der Waals surface area contributed by atoms with Gasteiger partial charge in [0.25, 0.3) is 0 Å². The Morgan fingerprint density at radius 3 is 2.68 bits per heavy atom. The molecule has 2 aromatic carbocycles. The van der Waals surface area contributed by atoms with Gasteiger partial charge in [0.15, 0.2) is 0 Å². The quantitative estimate of drug-likeness (QED) is 0.900. The van der Waals surface area contributed by atoms with Gasteiger partial charge in [-0.2, -0.15) is 0 Å². The zero-order valence-electron chi connectivity index (χ0n) is 11.2. The lowest BCUT2D eigenvalue weighted by Crippen LogP contribution is -2.12. The van der Waals surface area contributed by atoms with Crippen molar-refractivity contribution in [3.8, 4) is 5.75 Å². The fourth-order valence-electron chi connectivity index (χ4n) is 2.74. The fourth-order valence-corrected chi connectivity index (χ4v) is 2.74. The Kier molecular flexibility index (Phi) is 3.51. The van der Waals surface area contributed by atoms with Crippen molar-refractivity contribution < 1.29 is 4.74 Å². The second kappa shape index (κ2) is 5.45. The summed E-state index contributed by atoms with van der Waals surface area (Å²) in [4.78, 5) is 0. The van der Waals surface area contributed by atoms with E-state index in [-0.39, 0.29) is 0 Å². The number of hydrogen-bond donors (Lipinski definition) is 1. The predicted octanol–water partition coefficient (Wildman–Crippen LogP) is 3.47. The molecule has 0 bridgehead atoms. The molecule has 0 radical (unpaired) electrons. The molecular formula is C17H19NO. The van der Waals surface area contributed by atoms with Gasteiger partial charge < -0.3 is 10.1 Å². The van der Waals surface area contributed by atoms with Gasteiger partial charge >= 0.3 is 0 Å². The summed E-state index contributed by atoms with van der Waals surface area (Å²) >= 11 is 0. The first-order chi connectivity index (χ1) is 9.36. The van der Waals surface area contributed by atoms with E-state index in [0.29, 0.717) is 6.04 Å². The molecular weight excluding hydrogens is 234 g/mol. The van der Waals surface area contributed by atoms with Crippen LogP contribution in [0.15, 0.2) is 48.5 Å². The van der Waals surface area contributed by atoms with E-state index in [1.54, 1.807) is 7.11 Å². The molecule has 0 saturated heterocycles. The molecule has 2 aromatic rings. The summed E-state index contributed by atoms with van der Waals surface area (Å²) in [5, 5.41) is 3.59. The van der Waals surface area contributed by atoms with Crippen molar-refractivity contribution in [2.24, 2.45) is 0 Å². The normalized spacial score (nSPS) is 17.2. The minimum absolute atomic E-state index is 0.498. The van der Waals surface area contributed by atoms with Crippen LogP contribution in [0, 0.1) is 0 Å². The Morgan fingerprint density at radius 2 is 1.89 bits per heavy atom. The maximum absolute atomic E-state index is 5.18. The third kappa shape index (κ3) is 2.64. The first kappa shape index (κ1) is 12.2. The molecule has 0 fully saturated rings. The highest BCUT2D eigenvalue weighted by Gasteiger charge is 2.20. The number of benzene rings is 2. The van der Waals surface area contributed by atoms with Crippen LogP contribution in [0.1, 0.15) is 29.2 Å². The number of aryl methyl sites for hydroxylation is 1. The topological polar surface area (TPSA) is 21.3 Å². The van der Waals surface area contributed by atoms with Gasteiger partial charge in [-0.25, -0.2) is 0 Å². The van der Waals surface area contributed by atoms with E-state index in [2.05, 4.69) is 41.7 Å². The number of methoxy groups -OCH3 is 1. The molecule has 1 atom stereocenters. The van der Waals surface area contributed by atoms with Gasteiger partial charge in [0, 0.05) is 12.6 Å². The highest BCUT2D eigenvalue weighted by atomic mass is 16.5. The van der Waals surface area contributed by atoms with Crippen LogP contribution in [0.2, 0.25) is 0 Å². The van der Waals surface area contributed by atoms with Gasteiger partial charge in [0.1, 0.15) is 5.75 Å². The molecule has 1 aliphatic rings. The highest BCUT2D eigenvalue weighted by Crippen LogP contribution is 2.28. The lowest BCUT2D eigenvalue weighted by molar-refractivity contribution is 0.414. The summed E-state index contributed by atoms with van der Waals surface area (Å²) in [6, 6.07) is 17.6. The van der Waals surface area contributed by atoms with Gasteiger partial charge in [-0.05, 0) is 41.7 Å². The summed E-state index contributed by atoms with van der Waals surface area (Å²) in [5.74, 6) is 0.924. The van der Waals surface area contributed by atoms with Crippen LogP contribution < -0.4 is 10.1 Å². The Morgan fingerprint density at radius 1 is 1.11 bits per heavy atom. The first-order valence-electron chi connectivity index (χ1n) is 6.81. The van der Waals surface area contributed by atoms with Gasteiger partial charge in [0.2, 0.25) is 0 Å². The number of hydrogen-bond acceptors (Lipinski definition) is 2. The van der Waals surface area contributed by atoms with E-state index in [1.807, 2.05) is 12.1 Å². The second-order valence-corrected chi connectivity index (χ2v) is 5.02. The lowest BCUT2D eigenvalue weighted by Gasteiger charge is -2.12. The number of rotatable bonds is 4. The van der Waals surface area contributed by atoms with E-state index in [9.17, 15) is 0 Å². The zero-order chi connectivity index (χ0) is 13.1. The Labute approximate surface area is 114 Å². The molecule has 0 aliphatic carbocycles. The fraction of sp³-hybridized carbons (Fsp3) is 0.294. The minimum atomic E-state index is 0.498. The monoisotopic (exact) mass is 253 g/mol. The molecule has 1 heterocycles. The van der Waals surface area contributed by atoms with Crippen molar-refractivity contribution in [3.63, 3.8) is 0 Å². The van der Waals surface area contributed by atoms with Crippen molar-refractivity contribution in [1.29, 1.82) is 0 Å². The summed E-state index contributed by atoms with van der Waals surface area (Å²) in [7, 11) is 1.70. The Hall–Kier alpha value is -1.80. The largest absolute Gasteiger partial charge is 0.497 e. The molecule has 0 saturated carbocycles. The standard InChI is InChI=1S/C17H19NO/c1-19-15-9-6-13(7-10-15)8-11-17-16-5-3-2-4-14(16)12-18-17/h2-7,9-10,17-18H,8,11-12H2,1H3. The molecule has 0 spiro atoms. The average Bonchev–Trinajstić information content (AvgIpc) is 2.89. The van der Waals surface area contributed by atoms with E-state index in [0.717, 1.165) is 25.1 Å². The smallest absolute Gasteiger partial charge is 0.118 e. The molecule has 3 rings (SSSR count). The summed E-state index contributed by atoms with van der Waals surface area (Å²) in [5.41, 5.74) is 4.28. The van der Waals surface area contributed by atoms with Crippen LogP contribution in [0.25, 0.3) is 0 Å². The van der Waals surface area contributed by atoms with E-state index in [4.69, 9.17) is 4.74 Å². The van der Waals surface area contributed by atoms with E-state index in [1.165, 1.54) is 16.7 Å². The maximum atomic E-state index is 5.18. The molecule has 0 amide bonds. The first-order valence-corrected chi connectivity index (χ1v) is 6.81. The van der Waals surface area contributed by atoms with Crippen LogP contribution in [-0.2, 0) is 13.0 Å². The van der Waals surface area contributed by atoms with Crippen molar-refractivity contribution in [3.05, 3.63) is 65.2 Å². The summed E-state index contributed by atoms with van der Waals surface area (Å²) < 4.78 is 5.18. The summed E-state index contributed by atoms with van der Waals surface area (Å²) in [6.45, 7) is 1.00. The highest BCUT2D eigenvalue weighted by molar-refractivity contribution is 5.34. The summed E-state index contributed by atoms with van der Waals surface area (Å²) in [6.07, 6.45) is 2.24. The average molecular weight is 253 g/mol. The van der Waals surface area contributed by atoms with Gasteiger partial charge in [0.05, 0.1) is 7.11 Å². The Balaban J connectivity index is 1.64. The number of nitrogens with one attached hydrogen (secondary N) is 1. The molecule has 0 aromatic heterocycles. The lowest BCUT2D eigenvalue weighted by atomic mass is 9.99. The zero-order valence-corrected chi connectivity index (χ0v) is 11.2. The van der Waals surface area contributed by atoms with Crippen molar-refractivity contribution in [2.45, 2.75) is 25.4 Å². The van der Waals surface area contributed by atoms with Crippen LogP contribution in [0.5, 0.6) is 5.75 Å². The van der Waals surface area contributed by atoms with Gasteiger partial charge in [-0.1, -0.05) is 36.4 Å². The van der Waals surface area contributed by atoms with E-state index >= 15 is 0 Å². The van der Waals surface area contributed by atoms with Crippen LogP contribution in [0.4, 0.5) is 0 Å². The molecule has 1 N–H and O–H groups in total. The van der Waals surface area contributed by atoms with Crippen molar-refractivity contribution >= 4 is 0 Å². The third-order valence-electron chi connectivity index (χ3n) is 3.85. The van der Waals surface area contributed by atoms with Gasteiger partial charge in [-0.3, -0.25) is 0 Å². The molecule has 1 unspecified atom stereocenters. The van der Waals surface area contributed by atoms with Crippen LogP contribution in [-0.4, -0.2) is 7.11 Å². The number of ether oxygens (including phenoxy) is 1. The minimum Gasteiger partial charge on any atom is -0.497 e. The molecule has 98 valence electrons. The van der Waals surface area contributed by atoms with E-state index < -0.39 is 0 Å². The molecule has 1 aliphatic heterocycles. The Bertz CT molecular complexity index is 547. The maximum Gasteiger partial charge on any atom is 0.118 e. The van der Waals surface area contributed by atoms with Crippen molar-refractivity contribution in [2.75, 3.05) is 7.11 Å². The van der Waals surface area contributed by atoms with Gasteiger partial charge in [-0.15, -0.1) is 0 Å². The molecule has 2 nitrogen and oxygen atoms in total.